The van der Waals surface area contributed by atoms with Crippen LogP contribution in [0.1, 0.15) is 78.6 Å². The standard InChI is InChI=1S/C17H33N/c1-14(2)11-15-7-6-8-16(12-15)18-13-17(3)9-4-5-10-17/h14-16,18H,4-13H2,1-3H3. The van der Waals surface area contributed by atoms with Crippen LogP contribution in [0.4, 0.5) is 0 Å². The van der Waals surface area contributed by atoms with Crippen molar-refractivity contribution < 1.29 is 0 Å². The maximum absolute atomic E-state index is 3.91. The first kappa shape index (κ1) is 14.4. The summed E-state index contributed by atoms with van der Waals surface area (Å²) in [6.45, 7) is 8.50. The highest BCUT2D eigenvalue weighted by Crippen LogP contribution is 2.37. The zero-order valence-corrected chi connectivity index (χ0v) is 12.8. The molecule has 2 unspecified atom stereocenters. The quantitative estimate of drug-likeness (QED) is 0.743. The highest BCUT2D eigenvalue weighted by atomic mass is 14.9. The van der Waals surface area contributed by atoms with Crippen LogP contribution in [-0.2, 0) is 0 Å². The van der Waals surface area contributed by atoms with E-state index in [2.05, 4.69) is 26.1 Å². The minimum atomic E-state index is 0.616. The lowest BCUT2D eigenvalue weighted by Gasteiger charge is -2.34. The van der Waals surface area contributed by atoms with E-state index in [0.29, 0.717) is 5.41 Å². The Kier molecular flexibility index (Phi) is 5.12. The Morgan fingerprint density at radius 1 is 1.11 bits per heavy atom. The molecule has 0 spiro atoms. The zero-order valence-electron chi connectivity index (χ0n) is 12.8. The maximum Gasteiger partial charge on any atom is 0.00699 e. The normalized spacial score (nSPS) is 32.0. The summed E-state index contributed by atoms with van der Waals surface area (Å²) in [7, 11) is 0. The van der Waals surface area contributed by atoms with Crippen LogP contribution in [-0.4, -0.2) is 12.6 Å². The first-order valence-electron chi connectivity index (χ1n) is 8.31. The van der Waals surface area contributed by atoms with Gasteiger partial charge < -0.3 is 5.32 Å². The summed E-state index contributed by atoms with van der Waals surface area (Å²) in [5.74, 6) is 1.87. The molecule has 18 heavy (non-hydrogen) atoms. The lowest BCUT2D eigenvalue weighted by atomic mass is 9.80. The van der Waals surface area contributed by atoms with Crippen molar-refractivity contribution in [3.05, 3.63) is 0 Å². The summed E-state index contributed by atoms with van der Waals surface area (Å²) >= 11 is 0. The topological polar surface area (TPSA) is 12.0 Å². The minimum absolute atomic E-state index is 0.616. The van der Waals surface area contributed by atoms with E-state index < -0.39 is 0 Å². The molecule has 2 aliphatic rings. The summed E-state index contributed by atoms with van der Waals surface area (Å²) in [6.07, 6.45) is 13.0. The summed E-state index contributed by atoms with van der Waals surface area (Å²) < 4.78 is 0. The van der Waals surface area contributed by atoms with Gasteiger partial charge in [-0.25, -0.2) is 0 Å². The van der Waals surface area contributed by atoms with Crippen LogP contribution in [0.25, 0.3) is 0 Å². The largest absolute Gasteiger partial charge is 0.313 e. The SMILES string of the molecule is CC(C)CC1CCCC(NCC2(C)CCCC2)C1. The van der Waals surface area contributed by atoms with Crippen molar-refractivity contribution in [2.45, 2.75) is 84.6 Å². The number of nitrogens with one attached hydrogen (secondary N) is 1. The Bertz CT molecular complexity index is 240. The molecule has 0 amide bonds. The molecule has 106 valence electrons. The molecular weight excluding hydrogens is 218 g/mol. The lowest BCUT2D eigenvalue weighted by Crippen LogP contribution is -2.40. The van der Waals surface area contributed by atoms with E-state index in [-0.39, 0.29) is 0 Å². The fourth-order valence-electron chi connectivity index (χ4n) is 4.15. The van der Waals surface area contributed by atoms with Crippen LogP contribution < -0.4 is 5.32 Å². The summed E-state index contributed by atoms with van der Waals surface area (Å²) in [4.78, 5) is 0. The third-order valence-corrected chi connectivity index (χ3v) is 5.22. The van der Waals surface area contributed by atoms with Gasteiger partial charge in [-0.15, -0.1) is 0 Å². The number of hydrogen-bond donors (Lipinski definition) is 1. The smallest absolute Gasteiger partial charge is 0.00699 e. The molecule has 1 nitrogen and oxygen atoms in total. The van der Waals surface area contributed by atoms with Gasteiger partial charge in [0.2, 0.25) is 0 Å². The first-order valence-corrected chi connectivity index (χ1v) is 8.31. The van der Waals surface area contributed by atoms with Gasteiger partial charge in [0, 0.05) is 12.6 Å². The average Bonchev–Trinajstić information content (AvgIpc) is 2.74. The highest BCUT2D eigenvalue weighted by molar-refractivity contribution is 4.86. The molecule has 0 aromatic heterocycles. The van der Waals surface area contributed by atoms with E-state index in [4.69, 9.17) is 0 Å². The van der Waals surface area contributed by atoms with Crippen molar-refractivity contribution >= 4 is 0 Å². The molecule has 2 atom stereocenters. The van der Waals surface area contributed by atoms with Gasteiger partial charge in [0.15, 0.2) is 0 Å². The van der Waals surface area contributed by atoms with Crippen molar-refractivity contribution in [1.29, 1.82) is 0 Å². The van der Waals surface area contributed by atoms with Gasteiger partial charge >= 0.3 is 0 Å². The zero-order chi connectivity index (χ0) is 13.0. The van der Waals surface area contributed by atoms with Crippen LogP contribution in [0.15, 0.2) is 0 Å². The fourth-order valence-corrected chi connectivity index (χ4v) is 4.15. The Labute approximate surface area is 114 Å². The Balaban J connectivity index is 1.72. The third-order valence-electron chi connectivity index (χ3n) is 5.22. The monoisotopic (exact) mass is 251 g/mol. The molecule has 2 aliphatic carbocycles. The average molecular weight is 251 g/mol. The molecule has 0 aliphatic heterocycles. The van der Waals surface area contributed by atoms with Gasteiger partial charge in [-0.2, -0.15) is 0 Å². The van der Waals surface area contributed by atoms with Crippen LogP contribution in [0, 0.1) is 17.3 Å². The Hall–Kier alpha value is -0.0400. The molecule has 0 heterocycles. The van der Waals surface area contributed by atoms with E-state index in [1.807, 2.05) is 0 Å². The highest BCUT2D eigenvalue weighted by Gasteiger charge is 2.30. The molecule has 2 saturated carbocycles. The predicted molar refractivity (Wildman–Crippen MR) is 79.8 cm³/mol. The predicted octanol–water partition coefficient (Wildman–Crippen LogP) is 4.76. The first-order chi connectivity index (χ1) is 8.57. The lowest BCUT2D eigenvalue weighted by molar-refractivity contribution is 0.223. The Morgan fingerprint density at radius 2 is 1.83 bits per heavy atom. The fraction of sp³-hybridized carbons (Fsp3) is 1.00. The Morgan fingerprint density at radius 3 is 2.50 bits per heavy atom. The van der Waals surface area contributed by atoms with Crippen molar-refractivity contribution in [2.24, 2.45) is 17.3 Å². The second kappa shape index (κ2) is 6.41. The molecule has 0 aromatic carbocycles. The van der Waals surface area contributed by atoms with Crippen molar-refractivity contribution in [3.8, 4) is 0 Å². The van der Waals surface area contributed by atoms with E-state index in [1.54, 1.807) is 0 Å². The maximum atomic E-state index is 3.91. The van der Waals surface area contributed by atoms with Crippen LogP contribution in [0.2, 0.25) is 0 Å². The molecule has 0 aromatic rings. The van der Waals surface area contributed by atoms with Gasteiger partial charge in [-0.1, -0.05) is 46.5 Å². The van der Waals surface area contributed by atoms with E-state index in [0.717, 1.165) is 17.9 Å². The number of hydrogen-bond acceptors (Lipinski definition) is 1. The number of rotatable bonds is 5. The molecule has 2 rings (SSSR count). The van der Waals surface area contributed by atoms with E-state index >= 15 is 0 Å². The van der Waals surface area contributed by atoms with Crippen molar-refractivity contribution in [1.82, 2.24) is 5.32 Å². The second-order valence-corrected chi connectivity index (χ2v) is 7.76. The van der Waals surface area contributed by atoms with E-state index in [9.17, 15) is 0 Å². The van der Waals surface area contributed by atoms with Gasteiger partial charge in [0.05, 0.1) is 0 Å². The van der Waals surface area contributed by atoms with Crippen LogP contribution >= 0.6 is 0 Å². The summed E-state index contributed by atoms with van der Waals surface area (Å²) in [5.41, 5.74) is 0.616. The third kappa shape index (κ3) is 4.26. The van der Waals surface area contributed by atoms with Gasteiger partial charge in [0.25, 0.3) is 0 Å². The minimum Gasteiger partial charge on any atom is -0.313 e. The molecule has 1 heteroatoms. The molecule has 0 radical (unpaired) electrons. The molecular formula is C17H33N. The van der Waals surface area contributed by atoms with Gasteiger partial charge in [-0.05, 0) is 49.4 Å². The summed E-state index contributed by atoms with van der Waals surface area (Å²) in [6, 6.07) is 0.819. The molecule has 1 N–H and O–H groups in total. The van der Waals surface area contributed by atoms with Gasteiger partial charge in [-0.3, -0.25) is 0 Å². The van der Waals surface area contributed by atoms with Crippen molar-refractivity contribution in [3.63, 3.8) is 0 Å². The second-order valence-electron chi connectivity index (χ2n) is 7.76. The molecule has 0 saturated heterocycles. The van der Waals surface area contributed by atoms with Crippen LogP contribution in [0.5, 0.6) is 0 Å². The molecule has 0 bridgehead atoms. The van der Waals surface area contributed by atoms with E-state index in [1.165, 1.54) is 64.3 Å². The molecule has 2 fully saturated rings. The van der Waals surface area contributed by atoms with Crippen molar-refractivity contribution in [2.75, 3.05) is 6.54 Å². The van der Waals surface area contributed by atoms with Crippen LogP contribution in [0.3, 0.4) is 0 Å². The summed E-state index contributed by atoms with van der Waals surface area (Å²) in [5, 5.41) is 3.91. The van der Waals surface area contributed by atoms with Gasteiger partial charge in [0.1, 0.15) is 0 Å².